The Morgan fingerprint density at radius 1 is 1.48 bits per heavy atom. The molecule has 0 spiro atoms. The molecule has 0 aromatic carbocycles. The molecule has 1 aromatic heterocycles. The van der Waals surface area contributed by atoms with E-state index < -0.39 is 6.10 Å². The van der Waals surface area contributed by atoms with Crippen molar-refractivity contribution in [1.82, 2.24) is 10.3 Å². The molecule has 5 nitrogen and oxygen atoms in total. The summed E-state index contributed by atoms with van der Waals surface area (Å²) in [5.74, 6) is 2.68. The lowest BCUT2D eigenvalue weighted by Crippen LogP contribution is -2.31. The molecule has 3 atom stereocenters. The molecule has 0 aliphatic heterocycles. The van der Waals surface area contributed by atoms with Gasteiger partial charge >= 0.3 is 0 Å². The van der Waals surface area contributed by atoms with Crippen molar-refractivity contribution in [3.8, 4) is 0 Å². The van der Waals surface area contributed by atoms with Crippen molar-refractivity contribution in [3.05, 3.63) is 30.0 Å². The van der Waals surface area contributed by atoms with E-state index in [1.54, 1.807) is 6.20 Å². The first-order valence-electron chi connectivity index (χ1n) is 7.68. The van der Waals surface area contributed by atoms with E-state index in [0.29, 0.717) is 37.4 Å². The molecule has 1 aliphatic rings. The van der Waals surface area contributed by atoms with E-state index in [1.807, 2.05) is 6.92 Å². The maximum absolute atomic E-state index is 9.88. The number of aliphatic hydroxyl groups is 1. The zero-order valence-corrected chi connectivity index (χ0v) is 12.9. The van der Waals surface area contributed by atoms with Gasteiger partial charge < -0.3 is 19.6 Å². The van der Waals surface area contributed by atoms with Gasteiger partial charge in [0.25, 0.3) is 0 Å². The smallest absolute Gasteiger partial charge is 0.208 e. The summed E-state index contributed by atoms with van der Waals surface area (Å²) >= 11 is 0. The van der Waals surface area contributed by atoms with Crippen LogP contribution in [0.25, 0.3) is 0 Å². The van der Waals surface area contributed by atoms with E-state index in [4.69, 9.17) is 9.15 Å². The molecule has 0 fully saturated rings. The second kappa shape index (κ2) is 8.32. The summed E-state index contributed by atoms with van der Waals surface area (Å²) in [5.41, 5.74) is 0. The van der Waals surface area contributed by atoms with Gasteiger partial charge in [0.15, 0.2) is 0 Å². The van der Waals surface area contributed by atoms with Gasteiger partial charge in [0.05, 0.1) is 32.1 Å². The highest BCUT2D eigenvalue weighted by atomic mass is 16.5. The van der Waals surface area contributed by atoms with Gasteiger partial charge in [-0.1, -0.05) is 19.1 Å². The lowest BCUT2D eigenvalue weighted by Gasteiger charge is -2.25. The maximum atomic E-state index is 9.88. The first kappa shape index (κ1) is 16.2. The average Bonchev–Trinajstić information content (AvgIpc) is 2.87. The number of nitrogens with one attached hydrogen (secondary N) is 1. The molecule has 0 radical (unpaired) electrons. The minimum Gasteiger partial charge on any atom is -0.445 e. The highest BCUT2D eigenvalue weighted by Crippen LogP contribution is 2.24. The van der Waals surface area contributed by atoms with Gasteiger partial charge in [-0.3, -0.25) is 0 Å². The van der Waals surface area contributed by atoms with E-state index in [2.05, 4.69) is 29.4 Å². The zero-order valence-electron chi connectivity index (χ0n) is 12.9. The number of nitrogens with zero attached hydrogens (tertiary/aromatic N) is 1. The number of hydrogen-bond acceptors (Lipinski definition) is 5. The molecule has 1 aliphatic carbocycles. The molecule has 0 amide bonds. The Hall–Kier alpha value is -1.17. The second-order valence-electron chi connectivity index (χ2n) is 5.87. The maximum Gasteiger partial charge on any atom is 0.208 e. The monoisotopic (exact) mass is 294 g/mol. The highest BCUT2D eigenvalue weighted by Gasteiger charge is 2.18. The Kier molecular flexibility index (Phi) is 6.42. The van der Waals surface area contributed by atoms with E-state index in [-0.39, 0.29) is 0 Å². The molecule has 5 heteroatoms. The zero-order chi connectivity index (χ0) is 15.1. The molecule has 1 aromatic rings. The fourth-order valence-corrected chi connectivity index (χ4v) is 2.48. The third-order valence-electron chi connectivity index (χ3n) is 3.89. The van der Waals surface area contributed by atoms with Crippen LogP contribution in [0.15, 0.2) is 22.8 Å². The topological polar surface area (TPSA) is 67.5 Å². The van der Waals surface area contributed by atoms with E-state index in [0.717, 1.165) is 25.2 Å². The summed E-state index contributed by atoms with van der Waals surface area (Å²) in [6, 6.07) is 0. The van der Waals surface area contributed by atoms with Crippen LogP contribution in [0.1, 0.15) is 31.4 Å². The third-order valence-corrected chi connectivity index (χ3v) is 3.89. The summed E-state index contributed by atoms with van der Waals surface area (Å²) in [4.78, 5) is 4.10. The van der Waals surface area contributed by atoms with Crippen LogP contribution in [-0.4, -0.2) is 36.0 Å². The number of oxazole rings is 1. The van der Waals surface area contributed by atoms with Crippen molar-refractivity contribution in [3.63, 3.8) is 0 Å². The number of aromatic nitrogens is 1. The number of ether oxygens (including phenoxy) is 1. The summed E-state index contributed by atoms with van der Waals surface area (Å²) < 4.78 is 11.0. The number of hydrogen-bond donors (Lipinski definition) is 2. The second-order valence-corrected chi connectivity index (χ2v) is 5.87. The van der Waals surface area contributed by atoms with Crippen molar-refractivity contribution >= 4 is 0 Å². The average molecular weight is 294 g/mol. The van der Waals surface area contributed by atoms with Crippen molar-refractivity contribution in [1.29, 1.82) is 0 Å². The van der Waals surface area contributed by atoms with Crippen LogP contribution in [0.5, 0.6) is 0 Å². The van der Waals surface area contributed by atoms with Gasteiger partial charge in [-0.15, -0.1) is 0 Å². The molecule has 3 unspecified atom stereocenters. The highest BCUT2D eigenvalue weighted by molar-refractivity contribution is 4.93. The summed E-state index contributed by atoms with van der Waals surface area (Å²) in [7, 11) is 0. The van der Waals surface area contributed by atoms with Crippen LogP contribution < -0.4 is 5.32 Å². The molecule has 0 saturated heterocycles. The lowest BCUT2D eigenvalue weighted by atomic mass is 9.85. The van der Waals surface area contributed by atoms with Crippen LogP contribution in [0.4, 0.5) is 0 Å². The van der Waals surface area contributed by atoms with Crippen molar-refractivity contribution in [2.24, 2.45) is 11.8 Å². The summed E-state index contributed by atoms with van der Waals surface area (Å²) in [6.45, 7) is 6.21. The van der Waals surface area contributed by atoms with E-state index in [1.165, 1.54) is 0 Å². The summed E-state index contributed by atoms with van der Waals surface area (Å²) in [5, 5.41) is 13.0. The first-order chi connectivity index (χ1) is 10.1. The Labute approximate surface area is 126 Å². The number of allylic oxidation sites excluding steroid dienone is 2. The van der Waals surface area contributed by atoms with Crippen molar-refractivity contribution < 1.29 is 14.3 Å². The number of aryl methyl sites for hydroxylation is 1. The molecule has 118 valence electrons. The van der Waals surface area contributed by atoms with E-state index >= 15 is 0 Å². The van der Waals surface area contributed by atoms with Crippen LogP contribution in [0.3, 0.4) is 0 Å². The Balaban J connectivity index is 1.55. The van der Waals surface area contributed by atoms with Gasteiger partial charge in [-0.2, -0.15) is 0 Å². The quantitative estimate of drug-likeness (QED) is 0.718. The van der Waals surface area contributed by atoms with Crippen LogP contribution in [0, 0.1) is 18.8 Å². The van der Waals surface area contributed by atoms with Gasteiger partial charge in [0, 0.05) is 6.54 Å². The van der Waals surface area contributed by atoms with Crippen LogP contribution >= 0.6 is 0 Å². The van der Waals surface area contributed by atoms with Crippen LogP contribution in [0.2, 0.25) is 0 Å². The van der Waals surface area contributed by atoms with Gasteiger partial charge in [0.1, 0.15) is 5.76 Å². The Bertz CT molecular complexity index is 444. The Morgan fingerprint density at radius 3 is 3.00 bits per heavy atom. The van der Waals surface area contributed by atoms with Gasteiger partial charge in [-0.25, -0.2) is 4.98 Å². The van der Waals surface area contributed by atoms with Crippen LogP contribution in [-0.2, 0) is 11.3 Å². The van der Waals surface area contributed by atoms with E-state index in [9.17, 15) is 5.11 Å². The SMILES string of the molecule is Cc1cnc(CNCC(O)COCC2CC=CCC2C)o1. The number of aliphatic hydroxyl groups excluding tert-OH is 1. The fraction of sp³-hybridized carbons (Fsp3) is 0.688. The predicted octanol–water partition coefficient (Wildman–Crippen LogP) is 2.05. The number of rotatable bonds is 8. The Morgan fingerprint density at radius 2 is 2.29 bits per heavy atom. The molecular weight excluding hydrogens is 268 g/mol. The molecule has 0 bridgehead atoms. The van der Waals surface area contributed by atoms with Gasteiger partial charge in [-0.05, 0) is 31.6 Å². The largest absolute Gasteiger partial charge is 0.445 e. The standard InChI is InChI=1S/C16H26N2O3/c1-12-5-3-4-6-14(12)10-20-11-15(19)8-17-9-16-18-7-13(2)21-16/h3-4,7,12,14-15,17,19H,5-6,8-11H2,1-2H3. The molecule has 21 heavy (non-hydrogen) atoms. The molecule has 2 N–H and O–H groups in total. The minimum atomic E-state index is -0.504. The predicted molar refractivity (Wildman–Crippen MR) is 80.8 cm³/mol. The van der Waals surface area contributed by atoms with Gasteiger partial charge in [0.2, 0.25) is 5.89 Å². The molecular formula is C16H26N2O3. The molecule has 0 saturated carbocycles. The third kappa shape index (κ3) is 5.61. The molecule has 1 heterocycles. The first-order valence-corrected chi connectivity index (χ1v) is 7.68. The molecule has 2 rings (SSSR count). The lowest BCUT2D eigenvalue weighted by molar-refractivity contribution is 0.0126. The van der Waals surface area contributed by atoms with Crippen molar-refractivity contribution in [2.75, 3.05) is 19.8 Å². The normalized spacial score (nSPS) is 23.4. The fourth-order valence-electron chi connectivity index (χ4n) is 2.48. The summed E-state index contributed by atoms with van der Waals surface area (Å²) in [6.07, 6.45) is 7.87. The minimum absolute atomic E-state index is 0.366. The van der Waals surface area contributed by atoms with Crippen molar-refractivity contribution in [2.45, 2.75) is 39.3 Å².